The van der Waals surface area contributed by atoms with Crippen LogP contribution in [-0.2, 0) is 17.8 Å². The second-order valence-electron chi connectivity index (χ2n) is 8.72. The Morgan fingerprint density at radius 1 is 1.06 bits per heavy atom. The van der Waals surface area contributed by atoms with Crippen LogP contribution in [0, 0.1) is 12.8 Å². The number of nitrogens with zero attached hydrogens (tertiary/aromatic N) is 2. The van der Waals surface area contributed by atoms with Gasteiger partial charge in [0.15, 0.2) is 0 Å². The normalized spacial score (nSPS) is 15.0. The summed E-state index contributed by atoms with van der Waals surface area (Å²) in [6.07, 6.45) is 4.75. The topological polar surface area (TPSA) is 45.2 Å². The molecule has 0 saturated carbocycles. The van der Waals surface area contributed by atoms with Crippen LogP contribution in [0.25, 0.3) is 11.3 Å². The predicted molar refractivity (Wildman–Crippen MR) is 133 cm³/mol. The molecule has 0 bridgehead atoms. The molecule has 1 saturated heterocycles. The quantitative estimate of drug-likeness (QED) is 0.473. The van der Waals surface area contributed by atoms with Crippen LogP contribution >= 0.6 is 11.3 Å². The van der Waals surface area contributed by atoms with Gasteiger partial charge in [0.05, 0.1) is 10.7 Å². The lowest BCUT2D eigenvalue weighted by Gasteiger charge is -2.32. The van der Waals surface area contributed by atoms with E-state index < -0.39 is 0 Å². The minimum Gasteiger partial charge on any atom is -0.356 e. The third-order valence-electron chi connectivity index (χ3n) is 6.28. The van der Waals surface area contributed by atoms with Crippen molar-refractivity contribution in [2.75, 3.05) is 19.6 Å². The van der Waals surface area contributed by atoms with Gasteiger partial charge in [-0.3, -0.25) is 9.69 Å². The molecule has 0 radical (unpaired) electrons. The molecule has 1 aliphatic rings. The standard InChI is InChI=1S/C27H33N3OS/c1-21-27(24-10-6-3-7-11-24)29-26(32-21)13-12-25(31)28-17-14-22-15-18-30(19-16-22)20-23-8-4-2-5-9-23/h2-11,22H,12-20H2,1H3,(H,28,31). The maximum absolute atomic E-state index is 12.3. The summed E-state index contributed by atoms with van der Waals surface area (Å²) in [5.74, 6) is 0.859. The summed E-state index contributed by atoms with van der Waals surface area (Å²) in [7, 11) is 0. The van der Waals surface area contributed by atoms with Crippen LogP contribution < -0.4 is 5.32 Å². The molecular weight excluding hydrogens is 414 g/mol. The summed E-state index contributed by atoms with van der Waals surface area (Å²) in [4.78, 5) is 20.9. The third-order valence-corrected chi connectivity index (χ3v) is 7.32. The van der Waals surface area contributed by atoms with E-state index in [0.29, 0.717) is 12.8 Å². The average molecular weight is 448 g/mol. The second kappa shape index (κ2) is 11.4. The number of hydrogen-bond acceptors (Lipinski definition) is 4. The number of piperidine rings is 1. The molecule has 0 unspecified atom stereocenters. The van der Waals surface area contributed by atoms with Gasteiger partial charge in [0, 0.05) is 36.4 Å². The van der Waals surface area contributed by atoms with Gasteiger partial charge in [-0.25, -0.2) is 4.98 Å². The lowest BCUT2D eigenvalue weighted by atomic mass is 9.93. The van der Waals surface area contributed by atoms with E-state index in [-0.39, 0.29) is 5.91 Å². The molecule has 3 aromatic rings. The highest BCUT2D eigenvalue weighted by molar-refractivity contribution is 7.12. The summed E-state index contributed by atoms with van der Waals surface area (Å²) in [5.41, 5.74) is 3.58. The number of hydrogen-bond donors (Lipinski definition) is 1. The zero-order chi connectivity index (χ0) is 22.2. The average Bonchev–Trinajstić information content (AvgIpc) is 3.20. The number of rotatable bonds is 9. The van der Waals surface area contributed by atoms with E-state index in [0.717, 1.165) is 54.8 Å². The number of nitrogens with one attached hydrogen (secondary N) is 1. The predicted octanol–water partition coefficient (Wildman–Crippen LogP) is 5.47. The third kappa shape index (κ3) is 6.50. The van der Waals surface area contributed by atoms with Gasteiger partial charge >= 0.3 is 0 Å². The fourth-order valence-corrected chi connectivity index (χ4v) is 5.38. The number of benzene rings is 2. The van der Waals surface area contributed by atoms with Crippen molar-refractivity contribution in [2.24, 2.45) is 5.92 Å². The van der Waals surface area contributed by atoms with Gasteiger partial charge < -0.3 is 5.32 Å². The number of likely N-dealkylation sites (tertiary alicyclic amines) is 1. The highest BCUT2D eigenvalue weighted by Crippen LogP contribution is 2.28. The van der Waals surface area contributed by atoms with Crippen molar-refractivity contribution in [1.29, 1.82) is 0 Å². The van der Waals surface area contributed by atoms with Crippen LogP contribution in [0.1, 0.15) is 41.1 Å². The summed E-state index contributed by atoms with van der Waals surface area (Å²) in [6.45, 7) is 6.25. The van der Waals surface area contributed by atoms with Gasteiger partial charge in [0.1, 0.15) is 0 Å². The molecule has 4 rings (SSSR count). The number of carbonyl (C=O) groups is 1. The van der Waals surface area contributed by atoms with E-state index in [1.807, 2.05) is 18.2 Å². The summed E-state index contributed by atoms with van der Waals surface area (Å²) in [5, 5.41) is 4.17. The molecule has 1 aliphatic heterocycles. The van der Waals surface area contributed by atoms with Gasteiger partial charge in [0.25, 0.3) is 0 Å². The van der Waals surface area contributed by atoms with Crippen molar-refractivity contribution in [3.8, 4) is 11.3 Å². The van der Waals surface area contributed by atoms with Gasteiger partial charge in [0.2, 0.25) is 5.91 Å². The van der Waals surface area contributed by atoms with E-state index >= 15 is 0 Å². The van der Waals surface area contributed by atoms with Crippen LogP contribution in [0.15, 0.2) is 60.7 Å². The molecule has 2 heterocycles. The summed E-state index contributed by atoms with van der Waals surface area (Å²) >= 11 is 1.70. The Hall–Kier alpha value is -2.50. The number of aryl methyl sites for hydroxylation is 2. The number of amides is 1. The van der Waals surface area contributed by atoms with E-state index in [4.69, 9.17) is 4.98 Å². The minimum atomic E-state index is 0.139. The van der Waals surface area contributed by atoms with E-state index in [9.17, 15) is 4.79 Å². The monoisotopic (exact) mass is 447 g/mol. The molecule has 2 aromatic carbocycles. The zero-order valence-corrected chi connectivity index (χ0v) is 19.7. The Bertz CT molecular complexity index is 979. The summed E-state index contributed by atoms with van der Waals surface area (Å²) < 4.78 is 0. The van der Waals surface area contributed by atoms with E-state index in [2.05, 4.69) is 59.6 Å². The largest absolute Gasteiger partial charge is 0.356 e. The summed E-state index contributed by atoms with van der Waals surface area (Å²) in [6, 6.07) is 21.0. The number of thiazole rings is 1. The maximum atomic E-state index is 12.3. The molecule has 0 atom stereocenters. The lowest BCUT2D eigenvalue weighted by Crippen LogP contribution is -2.34. The molecule has 1 N–H and O–H groups in total. The van der Waals surface area contributed by atoms with Crippen molar-refractivity contribution in [3.05, 3.63) is 76.1 Å². The smallest absolute Gasteiger partial charge is 0.220 e. The van der Waals surface area contributed by atoms with Crippen LogP contribution in [0.4, 0.5) is 0 Å². The minimum absolute atomic E-state index is 0.139. The maximum Gasteiger partial charge on any atom is 0.220 e. The zero-order valence-electron chi connectivity index (χ0n) is 18.9. The molecule has 1 aromatic heterocycles. The van der Waals surface area contributed by atoms with Crippen molar-refractivity contribution in [1.82, 2.24) is 15.2 Å². The van der Waals surface area contributed by atoms with Crippen LogP contribution in [0.3, 0.4) is 0 Å². The van der Waals surface area contributed by atoms with Crippen LogP contribution in [0.5, 0.6) is 0 Å². The van der Waals surface area contributed by atoms with Gasteiger partial charge in [-0.2, -0.15) is 0 Å². The SMILES string of the molecule is Cc1sc(CCC(=O)NCCC2CCN(Cc3ccccc3)CC2)nc1-c1ccccc1. The van der Waals surface area contributed by atoms with Crippen molar-refractivity contribution < 1.29 is 4.79 Å². The Kier molecular flexibility index (Phi) is 8.07. The molecule has 1 fully saturated rings. The van der Waals surface area contributed by atoms with Gasteiger partial charge in [-0.1, -0.05) is 60.7 Å². The molecule has 0 aliphatic carbocycles. The Labute approximate surface area is 195 Å². The highest BCUT2D eigenvalue weighted by atomic mass is 32.1. The Balaban J connectivity index is 1.13. The first-order valence-electron chi connectivity index (χ1n) is 11.7. The molecule has 4 nitrogen and oxygen atoms in total. The van der Waals surface area contributed by atoms with Crippen LogP contribution in [0.2, 0.25) is 0 Å². The second-order valence-corrected chi connectivity index (χ2v) is 10.0. The van der Waals surface area contributed by atoms with Gasteiger partial charge in [-0.15, -0.1) is 11.3 Å². The lowest BCUT2D eigenvalue weighted by molar-refractivity contribution is -0.121. The number of aromatic nitrogens is 1. The molecular formula is C27H33N3OS. The highest BCUT2D eigenvalue weighted by Gasteiger charge is 2.19. The molecule has 32 heavy (non-hydrogen) atoms. The van der Waals surface area contributed by atoms with Crippen molar-refractivity contribution >= 4 is 17.2 Å². The molecule has 0 spiro atoms. The fourth-order valence-electron chi connectivity index (χ4n) is 4.42. The Morgan fingerprint density at radius 2 is 1.75 bits per heavy atom. The fraction of sp³-hybridized carbons (Fsp3) is 0.407. The molecule has 168 valence electrons. The van der Waals surface area contributed by atoms with Crippen LogP contribution in [-0.4, -0.2) is 35.4 Å². The molecule has 5 heteroatoms. The van der Waals surface area contributed by atoms with Crippen molar-refractivity contribution in [3.63, 3.8) is 0 Å². The van der Waals surface area contributed by atoms with Gasteiger partial charge in [-0.05, 0) is 50.8 Å². The first-order chi connectivity index (χ1) is 15.7. The van der Waals surface area contributed by atoms with E-state index in [1.165, 1.54) is 23.3 Å². The number of carbonyl (C=O) groups excluding carboxylic acids is 1. The molecule has 1 amide bonds. The van der Waals surface area contributed by atoms with Crippen molar-refractivity contribution in [2.45, 2.75) is 45.6 Å². The first kappa shape index (κ1) is 22.7. The Morgan fingerprint density at radius 3 is 2.47 bits per heavy atom. The first-order valence-corrected chi connectivity index (χ1v) is 12.5. The van der Waals surface area contributed by atoms with E-state index in [1.54, 1.807) is 11.3 Å².